The molecule has 0 aromatic heterocycles. The van der Waals surface area contributed by atoms with E-state index in [-0.39, 0.29) is 16.5 Å². The zero-order valence-electron chi connectivity index (χ0n) is 9.70. The van der Waals surface area contributed by atoms with Crippen LogP contribution in [0.15, 0.2) is 41.3 Å². The number of benzene rings is 2. The minimum absolute atomic E-state index is 0.0411. The summed E-state index contributed by atoms with van der Waals surface area (Å²) in [4.78, 5) is 0.392. The number of nitrogen functional groups attached to an aromatic ring is 1. The smallest absolute Gasteiger partial charge is 0.146 e. The van der Waals surface area contributed by atoms with Crippen LogP contribution < -0.4 is 5.73 Å². The molecular formula is C13H10ClF2NOS. The third kappa shape index (κ3) is 3.30. The maximum atomic E-state index is 13.3. The van der Waals surface area contributed by atoms with Gasteiger partial charge in [-0.25, -0.2) is 8.78 Å². The van der Waals surface area contributed by atoms with Gasteiger partial charge in [0.15, 0.2) is 0 Å². The average molecular weight is 302 g/mol. The fourth-order valence-electron chi connectivity index (χ4n) is 1.51. The van der Waals surface area contributed by atoms with Crippen LogP contribution >= 0.6 is 11.6 Å². The van der Waals surface area contributed by atoms with E-state index in [1.807, 2.05) is 0 Å². The van der Waals surface area contributed by atoms with Crippen molar-refractivity contribution in [3.63, 3.8) is 0 Å². The molecule has 2 aromatic rings. The van der Waals surface area contributed by atoms with Gasteiger partial charge >= 0.3 is 0 Å². The van der Waals surface area contributed by atoms with Crippen LogP contribution in [0.2, 0.25) is 5.02 Å². The molecule has 0 saturated carbocycles. The van der Waals surface area contributed by atoms with Crippen LogP contribution in [0.4, 0.5) is 14.5 Å². The zero-order chi connectivity index (χ0) is 14.0. The molecule has 0 fully saturated rings. The molecule has 0 heterocycles. The molecule has 6 heteroatoms. The van der Waals surface area contributed by atoms with Gasteiger partial charge in [-0.3, -0.25) is 4.21 Å². The van der Waals surface area contributed by atoms with E-state index in [1.165, 1.54) is 24.3 Å². The molecule has 100 valence electrons. The van der Waals surface area contributed by atoms with E-state index in [2.05, 4.69) is 0 Å². The van der Waals surface area contributed by atoms with E-state index in [0.717, 1.165) is 6.07 Å². The molecule has 2 N–H and O–H groups in total. The third-order valence-electron chi connectivity index (χ3n) is 2.52. The Labute approximate surface area is 116 Å². The van der Waals surface area contributed by atoms with Crippen molar-refractivity contribution in [1.82, 2.24) is 0 Å². The largest absolute Gasteiger partial charge is 0.396 e. The van der Waals surface area contributed by atoms with Crippen LogP contribution in [0.1, 0.15) is 5.56 Å². The third-order valence-corrected chi connectivity index (χ3v) is 4.18. The number of halogens is 3. The lowest BCUT2D eigenvalue weighted by atomic mass is 10.2. The lowest BCUT2D eigenvalue weighted by Gasteiger charge is -2.05. The molecule has 1 atom stereocenters. The molecule has 2 aromatic carbocycles. The van der Waals surface area contributed by atoms with E-state index >= 15 is 0 Å². The van der Waals surface area contributed by atoms with Crippen LogP contribution in [0.5, 0.6) is 0 Å². The van der Waals surface area contributed by atoms with E-state index in [1.54, 1.807) is 6.07 Å². The molecule has 0 radical (unpaired) electrons. The summed E-state index contributed by atoms with van der Waals surface area (Å²) in [6.45, 7) is 0. The summed E-state index contributed by atoms with van der Waals surface area (Å²) in [6, 6.07) is 8.10. The van der Waals surface area contributed by atoms with Crippen LogP contribution in [0.3, 0.4) is 0 Å². The highest BCUT2D eigenvalue weighted by atomic mass is 35.5. The highest BCUT2D eigenvalue weighted by molar-refractivity contribution is 7.84. The van der Waals surface area contributed by atoms with Gasteiger partial charge in [-0.1, -0.05) is 17.7 Å². The Bertz CT molecular complexity index is 649. The van der Waals surface area contributed by atoms with Crippen molar-refractivity contribution >= 4 is 28.1 Å². The fourth-order valence-corrected chi connectivity index (χ4v) is 2.88. The van der Waals surface area contributed by atoms with E-state index in [4.69, 9.17) is 17.3 Å². The minimum Gasteiger partial charge on any atom is -0.396 e. The highest BCUT2D eigenvalue weighted by Crippen LogP contribution is 2.21. The molecule has 19 heavy (non-hydrogen) atoms. The van der Waals surface area contributed by atoms with Gasteiger partial charge in [-0.05, 0) is 35.9 Å². The van der Waals surface area contributed by atoms with Gasteiger partial charge in [0.2, 0.25) is 0 Å². The maximum Gasteiger partial charge on any atom is 0.146 e. The number of anilines is 1. The van der Waals surface area contributed by atoms with E-state index in [0.29, 0.717) is 10.5 Å². The summed E-state index contributed by atoms with van der Waals surface area (Å²) in [7, 11) is -1.43. The number of hydrogen-bond acceptors (Lipinski definition) is 2. The van der Waals surface area contributed by atoms with Gasteiger partial charge in [0, 0.05) is 4.90 Å². The molecule has 0 aliphatic carbocycles. The zero-order valence-corrected chi connectivity index (χ0v) is 11.3. The predicted molar refractivity (Wildman–Crippen MR) is 72.3 cm³/mol. The maximum absolute atomic E-state index is 13.3. The average Bonchev–Trinajstić information content (AvgIpc) is 2.37. The second kappa shape index (κ2) is 5.67. The van der Waals surface area contributed by atoms with Gasteiger partial charge in [-0.15, -0.1) is 0 Å². The summed E-state index contributed by atoms with van der Waals surface area (Å²) in [6.07, 6.45) is 0. The Kier molecular flexibility index (Phi) is 4.17. The van der Waals surface area contributed by atoms with Crippen molar-refractivity contribution in [1.29, 1.82) is 0 Å². The first-order chi connectivity index (χ1) is 8.97. The lowest BCUT2D eigenvalue weighted by molar-refractivity contribution is 0.626. The fraction of sp³-hybridized carbons (Fsp3) is 0.0769. The highest BCUT2D eigenvalue weighted by Gasteiger charge is 2.09. The van der Waals surface area contributed by atoms with Crippen LogP contribution in [0.25, 0.3) is 0 Å². The molecular weight excluding hydrogens is 292 g/mol. The van der Waals surface area contributed by atoms with E-state index < -0.39 is 22.4 Å². The lowest BCUT2D eigenvalue weighted by Crippen LogP contribution is -1.99. The molecule has 0 aliphatic rings. The minimum atomic E-state index is -1.43. The van der Waals surface area contributed by atoms with E-state index in [9.17, 15) is 13.0 Å². The molecule has 0 aliphatic heterocycles. The predicted octanol–water partition coefficient (Wildman–Crippen LogP) is 3.51. The molecule has 0 bridgehead atoms. The van der Waals surface area contributed by atoms with Gasteiger partial charge < -0.3 is 5.73 Å². The van der Waals surface area contributed by atoms with Crippen molar-refractivity contribution in [2.24, 2.45) is 0 Å². The van der Waals surface area contributed by atoms with Crippen molar-refractivity contribution in [3.8, 4) is 0 Å². The summed E-state index contributed by atoms with van der Waals surface area (Å²) in [5, 5.41) is -0.0886. The molecule has 2 rings (SSSR count). The Morgan fingerprint density at radius 2 is 1.84 bits per heavy atom. The molecule has 0 saturated heterocycles. The first-order valence-electron chi connectivity index (χ1n) is 5.34. The molecule has 0 spiro atoms. The summed E-state index contributed by atoms with van der Waals surface area (Å²) in [5.74, 6) is -1.01. The Balaban J connectivity index is 2.20. The van der Waals surface area contributed by atoms with Gasteiger partial charge in [0.1, 0.15) is 11.6 Å². The van der Waals surface area contributed by atoms with Crippen molar-refractivity contribution < 1.29 is 13.0 Å². The van der Waals surface area contributed by atoms with Crippen molar-refractivity contribution in [2.75, 3.05) is 5.73 Å². The number of rotatable bonds is 3. The SMILES string of the molecule is Nc1ccc(CS(=O)c2ccc(F)c(Cl)c2)cc1F. The second-order valence-electron chi connectivity index (χ2n) is 3.92. The molecule has 1 unspecified atom stereocenters. The Morgan fingerprint density at radius 1 is 1.11 bits per heavy atom. The van der Waals surface area contributed by atoms with Crippen LogP contribution in [-0.4, -0.2) is 4.21 Å². The number of nitrogens with two attached hydrogens (primary N) is 1. The monoisotopic (exact) mass is 301 g/mol. The summed E-state index contributed by atoms with van der Waals surface area (Å²) in [5.41, 5.74) is 5.94. The summed E-state index contributed by atoms with van der Waals surface area (Å²) >= 11 is 5.62. The first-order valence-corrected chi connectivity index (χ1v) is 7.04. The van der Waals surface area contributed by atoms with Crippen LogP contribution in [0, 0.1) is 11.6 Å². The van der Waals surface area contributed by atoms with Gasteiger partial charge in [0.25, 0.3) is 0 Å². The van der Waals surface area contributed by atoms with Crippen molar-refractivity contribution in [2.45, 2.75) is 10.6 Å². The Hall–Kier alpha value is -1.46. The van der Waals surface area contributed by atoms with Crippen LogP contribution in [-0.2, 0) is 16.6 Å². The van der Waals surface area contributed by atoms with Crippen molar-refractivity contribution in [3.05, 3.63) is 58.6 Å². The Morgan fingerprint density at radius 3 is 2.47 bits per heavy atom. The van der Waals surface area contributed by atoms with Gasteiger partial charge in [0.05, 0.1) is 27.3 Å². The quantitative estimate of drug-likeness (QED) is 0.882. The van der Waals surface area contributed by atoms with Gasteiger partial charge in [-0.2, -0.15) is 0 Å². The number of hydrogen-bond donors (Lipinski definition) is 1. The normalized spacial score (nSPS) is 12.4. The molecule has 2 nitrogen and oxygen atoms in total. The first kappa shape index (κ1) is 14.0. The standard InChI is InChI=1S/C13H10ClF2NOS/c14-10-6-9(2-3-11(10)15)19(18)7-8-1-4-13(17)12(16)5-8/h1-6H,7,17H2. The second-order valence-corrected chi connectivity index (χ2v) is 5.78. The topological polar surface area (TPSA) is 43.1 Å². The molecule has 0 amide bonds. The summed E-state index contributed by atoms with van der Waals surface area (Å²) < 4.78 is 38.3.